The zero-order valence-electron chi connectivity index (χ0n) is 16.7. The molecule has 3 aromatic rings. The summed E-state index contributed by atoms with van der Waals surface area (Å²) >= 11 is 2.55. The average molecular weight is 456 g/mol. The Kier molecular flexibility index (Phi) is 6.53. The van der Waals surface area contributed by atoms with Gasteiger partial charge in [-0.2, -0.15) is 0 Å². The maximum Gasteiger partial charge on any atom is 0.313 e. The summed E-state index contributed by atoms with van der Waals surface area (Å²) < 4.78 is 1.52. The third kappa shape index (κ3) is 5.05. The van der Waals surface area contributed by atoms with Gasteiger partial charge in [-0.25, -0.2) is 4.98 Å². The van der Waals surface area contributed by atoms with Crippen LogP contribution in [-0.2, 0) is 4.79 Å². The number of carbonyl (C=O) groups is 3. The minimum Gasteiger partial charge on any atom is -0.481 e. The second-order valence-corrected chi connectivity index (χ2v) is 9.45. The maximum atomic E-state index is 13.0. The number of hydrogen-bond acceptors (Lipinski definition) is 6. The summed E-state index contributed by atoms with van der Waals surface area (Å²) in [5.41, 5.74) is 2.10. The molecule has 160 valence electrons. The monoisotopic (exact) mass is 455 g/mol. The van der Waals surface area contributed by atoms with Crippen LogP contribution in [0, 0.1) is 0 Å². The second kappa shape index (κ2) is 9.49. The van der Waals surface area contributed by atoms with Crippen LogP contribution in [-0.4, -0.2) is 51.6 Å². The first-order chi connectivity index (χ1) is 15.0. The highest BCUT2D eigenvalue weighted by molar-refractivity contribution is 8.01. The molecule has 1 aliphatic heterocycles. The summed E-state index contributed by atoms with van der Waals surface area (Å²) in [5, 5.41) is 11.7. The number of hydrogen-bond donors (Lipinski definition) is 2. The number of aliphatic carboxylic acids is 1. The molecule has 2 N–H and O–H groups in total. The van der Waals surface area contributed by atoms with Crippen LogP contribution in [0.1, 0.15) is 40.0 Å². The van der Waals surface area contributed by atoms with Crippen LogP contribution >= 0.6 is 23.1 Å². The number of carboxylic acid groups (broad SMARTS) is 1. The van der Waals surface area contributed by atoms with Crippen molar-refractivity contribution in [2.24, 2.45) is 0 Å². The molecule has 0 bridgehead atoms. The van der Waals surface area contributed by atoms with Crippen molar-refractivity contribution in [1.82, 2.24) is 9.88 Å². The Balaban J connectivity index is 1.52. The highest BCUT2D eigenvalue weighted by Crippen LogP contribution is 2.31. The molecule has 0 radical (unpaired) electrons. The quantitative estimate of drug-likeness (QED) is 0.536. The topological polar surface area (TPSA) is 99.6 Å². The Morgan fingerprint density at radius 1 is 1.06 bits per heavy atom. The summed E-state index contributed by atoms with van der Waals surface area (Å²) in [4.78, 5) is 42.9. The van der Waals surface area contributed by atoms with Crippen molar-refractivity contribution >= 4 is 56.8 Å². The molecule has 9 heteroatoms. The van der Waals surface area contributed by atoms with Gasteiger partial charge < -0.3 is 15.3 Å². The number of carbonyl (C=O) groups excluding carboxylic acids is 2. The molecule has 2 amide bonds. The van der Waals surface area contributed by atoms with Crippen LogP contribution < -0.4 is 5.32 Å². The lowest BCUT2D eigenvalue weighted by Crippen LogP contribution is -2.36. The second-order valence-electron chi connectivity index (χ2n) is 7.20. The number of nitrogens with zero attached hydrogens (tertiary/aromatic N) is 2. The summed E-state index contributed by atoms with van der Waals surface area (Å²) in [6, 6.07) is 12.2. The Labute approximate surface area is 187 Å². The van der Waals surface area contributed by atoms with Gasteiger partial charge in [0.05, 0.1) is 27.1 Å². The molecule has 0 atom stereocenters. The lowest BCUT2D eigenvalue weighted by Gasteiger charge is -2.27. The van der Waals surface area contributed by atoms with Gasteiger partial charge in [0, 0.05) is 18.8 Å². The molecular weight excluding hydrogens is 434 g/mol. The van der Waals surface area contributed by atoms with Crippen molar-refractivity contribution in [3.05, 3.63) is 53.6 Å². The predicted octanol–water partition coefficient (Wildman–Crippen LogP) is 4.35. The van der Waals surface area contributed by atoms with Gasteiger partial charge in [-0.3, -0.25) is 14.4 Å². The maximum absolute atomic E-state index is 13.0. The fourth-order valence-corrected chi connectivity index (χ4v) is 5.33. The van der Waals surface area contributed by atoms with Crippen molar-refractivity contribution in [2.75, 3.05) is 24.2 Å². The first kappa shape index (κ1) is 21.3. The molecule has 31 heavy (non-hydrogen) atoms. The molecule has 0 aliphatic carbocycles. The van der Waals surface area contributed by atoms with E-state index in [1.54, 1.807) is 36.4 Å². The van der Waals surface area contributed by atoms with Crippen molar-refractivity contribution in [1.29, 1.82) is 0 Å². The Morgan fingerprint density at radius 3 is 2.55 bits per heavy atom. The van der Waals surface area contributed by atoms with Crippen LogP contribution in [0.25, 0.3) is 10.2 Å². The number of thioether (sulfide) groups is 1. The summed E-state index contributed by atoms with van der Waals surface area (Å²) in [5.74, 6) is -1.39. The van der Waals surface area contributed by atoms with Gasteiger partial charge in [-0.05, 0) is 49.6 Å². The van der Waals surface area contributed by atoms with Gasteiger partial charge in [0.1, 0.15) is 0 Å². The standard InChI is InChI=1S/C22H21N3O4S2/c26-19(27)13-30-22-24-17-9-8-14(12-18(17)31-22)23-20(28)15-6-2-3-7-16(15)21(29)25-10-4-1-5-11-25/h2-3,6-9,12H,1,4-5,10-11,13H2,(H,23,28)(H,26,27). The number of thiazole rings is 1. The van der Waals surface area contributed by atoms with Crippen LogP contribution in [0.15, 0.2) is 46.8 Å². The van der Waals surface area contributed by atoms with E-state index in [0.717, 1.165) is 42.6 Å². The fourth-order valence-electron chi connectivity index (χ4n) is 3.50. The number of carboxylic acids is 1. The van der Waals surface area contributed by atoms with E-state index in [1.807, 2.05) is 11.0 Å². The van der Waals surface area contributed by atoms with E-state index in [2.05, 4.69) is 10.3 Å². The molecule has 1 saturated heterocycles. The first-order valence-corrected chi connectivity index (χ1v) is 11.8. The van der Waals surface area contributed by atoms with Crippen LogP contribution in [0.3, 0.4) is 0 Å². The predicted molar refractivity (Wildman–Crippen MR) is 122 cm³/mol. The van der Waals surface area contributed by atoms with Gasteiger partial charge in [0.2, 0.25) is 0 Å². The highest BCUT2D eigenvalue weighted by atomic mass is 32.2. The number of amides is 2. The van der Waals surface area contributed by atoms with E-state index in [-0.39, 0.29) is 17.6 Å². The third-order valence-corrected chi connectivity index (χ3v) is 7.14. The molecule has 4 rings (SSSR count). The van der Waals surface area contributed by atoms with E-state index >= 15 is 0 Å². The molecule has 1 aliphatic rings. The molecule has 0 spiro atoms. The average Bonchev–Trinajstić information content (AvgIpc) is 3.20. The van der Waals surface area contributed by atoms with E-state index in [1.165, 1.54) is 23.1 Å². The molecular formula is C22H21N3O4S2. The number of likely N-dealkylation sites (tertiary alicyclic amines) is 1. The molecule has 1 fully saturated rings. The zero-order valence-corrected chi connectivity index (χ0v) is 18.3. The number of anilines is 1. The highest BCUT2D eigenvalue weighted by Gasteiger charge is 2.23. The van der Waals surface area contributed by atoms with Crippen molar-refractivity contribution in [3.63, 3.8) is 0 Å². The van der Waals surface area contributed by atoms with E-state index in [4.69, 9.17) is 5.11 Å². The Morgan fingerprint density at radius 2 is 1.81 bits per heavy atom. The van der Waals surface area contributed by atoms with Crippen LogP contribution in [0.5, 0.6) is 0 Å². The molecule has 7 nitrogen and oxygen atoms in total. The fraction of sp³-hybridized carbons (Fsp3) is 0.273. The minimum atomic E-state index is -0.894. The Bertz CT molecular complexity index is 1140. The number of nitrogens with one attached hydrogen (secondary N) is 1. The molecule has 1 aromatic heterocycles. The largest absolute Gasteiger partial charge is 0.481 e. The molecule has 2 aromatic carbocycles. The lowest BCUT2D eigenvalue weighted by atomic mass is 10.0. The summed E-state index contributed by atoms with van der Waals surface area (Å²) in [7, 11) is 0. The number of piperidine rings is 1. The number of fused-ring (bicyclic) bond motifs is 1. The summed E-state index contributed by atoms with van der Waals surface area (Å²) in [6.45, 7) is 1.44. The van der Waals surface area contributed by atoms with Crippen molar-refractivity contribution in [2.45, 2.75) is 23.6 Å². The molecule has 0 unspecified atom stereocenters. The number of rotatable bonds is 6. The van der Waals surface area contributed by atoms with Gasteiger partial charge >= 0.3 is 5.97 Å². The number of aromatic nitrogens is 1. The first-order valence-electron chi connectivity index (χ1n) is 9.96. The van der Waals surface area contributed by atoms with Crippen LogP contribution in [0.2, 0.25) is 0 Å². The number of benzene rings is 2. The van der Waals surface area contributed by atoms with Gasteiger partial charge in [0.25, 0.3) is 11.8 Å². The SMILES string of the molecule is O=C(O)CSc1nc2ccc(NC(=O)c3ccccc3C(=O)N3CCCCC3)cc2s1. The smallest absolute Gasteiger partial charge is 0.313 e. The van der Waals surface area contributed by atoms with Gasteiger partial charge in [-0.15, -0.1) is 11.3 Å². The van der Waals surface area contributed by atoms with E-state index < -0.39 is 5.97 Å². The Hall–Kier alpha value is -2.91. The lowest BCUT2D eigenvalue weighted by molar-refractivity contribution is -0.133. The van der Waals surface area contributed by atoms with Crippen LogP contribution in [0.4, 0.5) is 5.69 Å². The molecule has 0 saturated carbocycles. The van der Waals surface area contributed by atoms with Crippen molar-refractivity contribution in [3.8, 4) is 0 Å². The van der Waals surface area contributed by atoms with Gasteiger partial charge in [0.15, 0.2) is 4.34 Å². The summed E-state index contributed by atoms with van der Waals surface area (Å²) in [6.07, 6.45) is 3.10. The molecule has 2 heterocycles. The van der Waals surface area contributed by atoms with E-state index in [0.29, 0.717) is 21.2 Å². The van der Waals surface area contributed by atoms with Gasteiger partial charge in [-0.1, -0.05) is 23.9 Å². The third-order valence-electron chi connectivity index (χ3n) is 4.99. The normalized spacial score (nSPS) is 13.9. The van der Waals surface area contributed by atoms with E-state index in [9.17, 15) is 14.4 Å². The zero-order chi connectivity index (χ0) is 21.8. The minimum absolute atomic E-state index is 0.0504. The van der Waals surface area contributed by atoms with Crippen molar-refractivity contribution < 1.29 is 19.5 Å².